The number of nitrogen functional groups attached to an aromatic ring is 1. The third-order valence-electron chi connectivity index (χ3n) is 1.72. The number of hydrazine groups is 1. The largest absolute Gasteiger partial charge is 0.458 e. The van der Waals surface area contributed by atoms with E-state index in [0.29, 0.717) is 16.9 Å². The normalized spacial score (nSPS) is 10.7. The molecule has 16 heavy (non-hydrogen) atoms. The molecule has 0 amide bonds. The van der Waals surface area contributed by atoms with E-state index in [2.05, 4.69) is 21.3 Å². The van der Waals surface area contributed by atoms with Gasteiger partial charge in [-0.2, -0.15) is 4.98 Å². The molecule has 1 aromatic rings. The van der Waals surface area contributed by atoms with Crippen molar-refractivity contribution in [1.82, 2.24) is 9.97 Å². The second-order valence-electron chi connectivity index (χ2n) is 3.48. The van der Waals surface area contributed by atoms with Crippen LogP contribution in [0.1, 0.15) is 13.8 Å². The van der Waals surface area contributed by atoms with E-state index in [0.717, 1.165) is 0 Å². The van der Waals surface area contributed by atoms with Gasteiger partial charge in [0.15, 0.2) is 10.8 Å². The molecule has 6 heteroatoms. The molecule has 0 spiro atoms. The molecule has 1 aromatic heterocycles. The minimum Gasteiger partial charge on any atom is -0.458 e. The number of ether oxygens (including phenoxy) is 1. The average molecular weight is 238 g/mol. The fraction of sp³-hybridized carbons (Fsp3) is 0.400. The summed E-state index contributed by atoms with van der Waals surface area (Å²) in [6, 6.07) is 1.60. The molecular weight excluding hydrogens is 224 g/mol. The molecule has 0 radical (unpaired) electrons. The number of nitrogens with one attached hydrogen (secondary N) is 1. The van der Waals surface area contributed by atoms with E-state index in [4.69, 9.17) is 17.0 Å². The first kappa shape index (κ1) is 12.6. The highest BCUT2D eigenvalue weighted by Gasteiger charge is 2.17. The molecule has 0 saturated heterocycles. The van der Waals surface area contributed by atoms with Crippen LogP contribution in [0.15, 0.2) is 11.2 Å². The molecular formula is C10H14N4OS. The second kappa shape index (κ2) is 5.05. The van der Waals surface area contributed by atoms with Gasteiger partial charge in [0, 0.05) is 6.07 Å². The number of hydrogen-bond acceptors (Lipinski definition) is 6. The zero-order chi connectivity index (χ0) is 12.2. The Morgan fingerprint density at radius 3 is 2.75 bits per heavy atom. The van der Waals surface area contributed by atoms with Crippen molar-refractivity contribution in [3.8, 4) is 18.2 Å². The fourth-order valence-corrected chi connectivity index (χ4v) is 1.28. The summed E-state index contributed by atoms with van der Waals surface area (Å²) in [5.41, 5.74) is 1.74. The summed E-state index contributed by atoms with van der Waals surface area (Å²) in [4.78, 5) is 8.28. The average Bonchev–Trinajstić information content (AvgIpc) is 2.28. The van der Waals surface area contributed by atoms with Gasteiger partial charge in [0.1, 0.15) is 5.82 Å². The molecule has 1 rings (SSSR count). The molecule has 86 valence electrons. The van der Waals surface area contributed by atoms with E-state index in [-0.39, 0.29) is 0 Å². The molecule has 0 unspecified atom stereocenters. The Labute approximate surface area is 99.2 Å². The van der Waals surface area contributed by atoms with Gasteiger partial charge in [0.25, 0.3) is 0 Å². The summed E-state index contributed by atoms with van der Waals surface area (Å²) in [7, 11) is 0. The lowest BCUT2D eigenvalue weighted by Gasteiger charge is -2.19. The van der Waals surface area contributed by atoms with Gasteiger partial charge >= 0.3 is 0 Å². The first-order chi connectivity index (χ1) is 7.50. The van der Waals surface area contributed by atoms with Crippen LogP contribution in [-0.4, -0.2) is 21.8 Å². The summed E-state index contributed by atoms with van der Waals surface area (Å²) < 4.78 is 5.54. The summed E-state index contributed by atoms with van der Waals surface area (Å²) in [6.45, 7) is 3.56. The lowest BCUT2D eigenvalue weighted by atomic mass is 10.1. The first-order valence-electron chi connectivity index (χ1n) is 4.57. The summed E-state index contributed by atoms with van der Waals surface area (Å²) in [5.74, 6) is 8.70. The van der Waals surface area contributed by atoms with Crippen LogP contribution in [0.2, 0.25) is 0 Å². The zero-order valence-electron chi connectivity index (χ0n) is 9.44. The van der Waals surface area contributed by atoms with Crippen molar-refractivity contribution in [1.29, 1.82) is 0 Å². The maximum Gasteiger partial charge on any atom is 0.221 e. The van der Waals surface area contributed by atoms with Crippen molar-refractivity contribution in [2.24, 2.45) is 5.84 Å². The Hall–Kier alpha value is -1.45. The Morgan fingerprint density at radius 2 is 2.25 bits per heavy atom. The van der Waals surface area contributed by atoms with E-state index in [1.54, 1.807) is 19.9 Å². The molecule has 5 nitrogen and oxygen atoms in total. The van der Waals surface area contributed by atoms with E-state index in [9.17, 15) is 0 Å². The van der Waals surface area contributed by atoms with Crippen molar-refractivity contribution >= 4 is 17.6 Å². The van der Waals surface area contributed by atoms with Crippen LogP contribution in [0, 0.1) is 12.3 Å². The molecule has 0 aliphatic carbocycles. The third-order valence-corrected chi connectivity index (χ3v) is 2.27. The van der Waals surface area contributed by atoms with Gasteiger partial charge < -0.3 is 10.2 Å². The summed E-state index contributed by atoms with van der Waals surface area (Å²) in [5, 5.41) is 0.568. The fourth-order valence-electron chi connectivity index (χ4n) is 0.912. The second-order valence-corrected chi connectivity index (χ2v) is 4.25. The molecule has 0 aliphatic rings. The van der Waals surface area contributed by atoms with Crippen LogP contribution in [0.5, 0.6) is 5.88 Å². The van der Waals surface area contributed by atoms with Crippen molar-refractivity contribution in [3.63, 3.8) is 0 Å². The van der Waals surface area contributed by atoms with Crippen LogP contribution in [0.25, 0.3) is 0 Å². The molecule has 0 aromatic carbocycles. The van der Waals surface area contributed by atoms with Crippen LogP contribution in [0.3, 0.4) is 0 Å². The summed E-state index contributed by atoms with van der Waals surface area (Å²) >= 11 is 1.40. The van der Waals surface area contributed by atoms with Crippen molar-refractivity contribution in [3.05, 3.63) is 6.07 Å². The number of terminal acetylenes is 1. The van der Waals surface area contributed by atoms with Crippen LogP contribution >= 0.6 is 11.8 Å². The van der Waals surface area contributed by atoms with Crippen molar-refractivity contribution < 1.29 is 4.74 Å². The monoisotopic (exact) mass is 238 g/mol. The smallest absolute Gasteiger partial charge is 0.221 e. The SMILES string of the molecule is C#CC(C)(C)Oc1cc(NN)nc(SC)n1. The van der Waals surface area contributed by atoms with E-state index >= 15 is 0 Å². The Bertz CT molecular complexity index is 392. The highest BCUT2D eigenvalue weighted by Crippen LogP contribution is 2.21. The Balaban J connectivity index is 3.01. The Kier molecular flexibility index (Phi) is 3.99. The van der Waals surface area contributed by atoms with E-state index in [1.165, 1.54) is 11.8 Å². The molecule has 1 heterocycles. The van der Waals surface area contributed by atoms with Gasteiger partial charge in [0.2, 0.25) is 5.88 Å². The maximum atomic E-state index is 5.54. The lowest BCUT2D eigenvalue weighted by molar-refractivity contribution is 0.163. The minimum atomic E-state index is -0.712. The van der Waals surface area contributed by atoms with Crippen LogP contribution in [0.4, 0.5) is 5.82 Å². The topological polar surface area (TPSA) is 73.1 Å². The number of anilines is 1. The minimum absolute atomic E-state index is 0.398. The highest BCUT2D eigenvalue weighted by atomic mass is 32.2. The maximum absolute atomic E-state index is 5.54. The van der Waals surface area contributed by atoms with Crippen molar-refractivity contribution in [2.45, 2.75) is 24.6 Å². The predicted molar refractivity (Wildman–Crippen MR) is 65.2 cm³/mol. The molecule has 0 atom stereocenters. The van der Waals surface area contributed by atoms with Gasteiger partial charge in [-0.25, -0.2) is 10.8 Å². The number of rotatable bonds is 4. The Morgan fingerprint density at radius 1 is 1.56 bits per heavy atom. The van der Waals surface area contributed by atoms with Gasteiger partial charge in [-0.05, 0) is 20.1 Å². The number of nitrogens with two attached hydrogens (primary N) is 1. The first-order valence-corrected chi connectivity index (χ1v) is 5.79. The van der Waals surface area contributed by atoms with Gasteiger partial charge in [0.05, 0.1) is 0 Å². The number of nitrogens with zero attached hydrogens (tertiary/aromatic N) is 2. The summed E-state index contributed by atoms with van der Waals surface area (Å²) in [6.07, 6.45) is 7.20. The van der Waals surface area contributed by atoms with E-state index in [1.807, 2.05) is 6.26 Å². The van der Waals surface area contributed by atoms with Gasteiger partial charge in [-0.15, -0.1) is 6.42 Å². The molecule has 0 bridgehead atoms. The highest BCUT2D eigenvalue weighted by molar-refractivity contribution is 7.98. The standard InChI is InChI=1S/C10H14N4OS/c1-5-10(2,3)15-8-6-7(14-11)12-9(13-8)16-4/h1,6H,11H2,2-4H3,(H,12,13,14). The third kappa shape index (κ3) is 3.29. The molecule has 0 fully saturated rings. The number of aromatic nitrogens is 2. The number of hydrogen-bond donors (Lipinski definition) is 2. The molecule has 0 aliphatic heterocycles. The zero-order valence-corrected chi connectivity index (χ0v) is 10.3. The van der Waals surface area contributed by atoms with E-state index < -0.39 is 5.60 Å². The number of thioether (sulfide) groups is 1. The van der Waals surface area contributed by atoms with Crippen LogP contribution in [-0.2, 0) is 0 Å². The quantitative estimate of drug-likeness (QED) is 0.270. The van der Waals surface area contributed by atoms with Crippen molar-refractivity contribution in [2.75, 3.05) is 11.7 Å². The molecule has 3 N–H and O–H groups in total. The van der Waals surface area contributed by atoms with Crippen LogP contribution < -0.4 is 16.0 Å². The predicted octanol–water partition coefficient (Wildman–Crippen LogP) is 1.27. The van der Waals surface area contributed by atoms with Gasteiger partial charge in [-0.1, -0.05) is 17.7 Å². The lowest BCUT2D eigenvalue weighted by Crippen LogP contribution is -2.26. The molecule has 0 saturated carbocycles. The van der Waals surface area contributed by atoms with Gasteiger partial charge in [-0.3, -0.25) is 0 Å².